The summed E-state index contributed by atoms with van der Waals surface area (Å²) in [4.78, 5) is 45.8. The molecule has 2 aromatic heterocycles. The number of rotatable bonds is 7. The Balaban J connectivity index is 2.03. The topological polar surface area (TPSA) is 112 Å². The van der Waals surface area contributed by atoms with E-state index < -0.39 is 46.0 Å². The molecule has 0 fully saturated rings. The van der Waals surface area contributed by atoms with E-state index in [0.717, 1.165) is 23.5 Å². The number of H-pyrrole nitrogens is 1. The number of alkyl halides is 3. The van der Waals surface area contributed by atoms with Crippen LogP contribution in [0.25, 0.3) is 17.0 Å². The van der Waals surface area contributed by atoms with Crippen molar-refractivity contribution in [2.45, 2.75) is 25.4 Å². The number of fused-ring (bicyclic) bond motifs is 1. The SMILES string of the molecule is CCC(C(=Cc1ccccc1)C(=O)O)c1[nH]c2c(C(F)(F)F)cccc2c(=O)c1C(=O)Nc1nccs1. The Hall–Kier alpha value is -4.25. The number of aromatic nitrogens is 2. The van der Waals surface area contributed by atoms with Crippen LogP contribution in [0.15, 0.2) is 70.5 Å². The molecule has 1 amide bonds. The lowest BCUT2D eigenvalue weighted by Gasteiger charge is -2.21. The fraction of sp³-hybridized carbons (Fsp3) is 0.154. The smallest absolute Gasteiger partial charge is 0.418 e. The molecule has 1 unspecified atom stereocenters. The third kappa shape index (κ3) is 5.31. The molecule has 0 spiro atoms. The Morgan fingerprint density at radius 1 is 1.16 bits per heavy atom. The maximum atomic E-state index is 13.8. The predicted molar refractivity (Wildman–Crippen MR) is 135 cm³/mol. The van der Waals surface area contributed by atoms with Gasteiger partial charge in [-0.1, -0.05) is 43.3 Å². The number of carboxylic acids is 1. The molecule has 4 aromatic rings. The molecule has 37 heavy (non-hydrogen) atoms. The number of para-hydroxylation sites is 1. The zero-order valence-electron chi connectivity index (χ0n) is 19.3. The van der Waals surface area contributed by atoms with E-state index in [2.05, 4.69) is 15.3 Å². The monoisotopic (exact) mass is 527 g/mol. The number of hydrogen-bond donors (Lipinski definition) is 3. The third-order valence-electron chi connectivity index (χ3n) is 5.75. The highest BCUT2D eigenvalue weighted by atomic mass is 32.1. The molecule has 0 radical (unpaired) electrons. The highest BCUT2D eigenvalue weighted by molar-refractivity contribution is 7.13. The second-order valence-corrected chi connectivity index (χ2v) is 8.93. The van der Waals surface area contributed by atoms with Gasteiger partial charge in [-0.05, 0) is 30.2 Å². The van der Waals surface area contributed by atoms with E-state index in [1.165, 1.54) is 18.3 Å². The van der Waals surface area contributed by atoms with E-state index in [1.807, 2.05) is 0 Å². The first-order valence-electron chi connectivity index (χ1n) is 11.1. The van der Waals surface area contributed by atoms with Crippen LogP contribution < -0.4 is 10.7 Å². The number of pyridine rings is 1. The van der Waals surface area contributed by atoms with Crippen LogP contribution in [-0.4, -0.2) is 27.0 Å². The van der Waals surface area contributed by atoms with E-state index in [4.69, 9.17) is 0 Å². The van der Waals surface area contributed by atoms with Crippen LogP contribution in [0.5, 0.6) is 0 Å². The molecule has 190 valence electrons. The minimum Gasteiger partial charge on any atom is -0.478 e. The van der Waals surface area contributed by atoms with Gasteiger partial charge in [0.1, 0.15) is 5.56 Å². The molecular formula is C26H20F3N3O4S. The lowest BCUT2D eigenvalue weighted by atomic mass is 9.87. The van der Waals surface area contributed by atoms with Gasteiger partial charge >= 0.3 is 12.1 Å². The molecule has 3 N–H and O–H groups in total. The molecule has 1 atom stereocenters. The number of amides is 1. The average Bonchev–Trinajstić information content (AvgIpc) is 3.36. The molecule has 2 heterocycles. The predicted octanol–water partition coefficient (Wildman–Crippen LogP) is 5.92. The Kier molecular flexibility index (Phi) is 7.25. The van der Waals surface area contributed by atoms with Crippen molar-refractivity contribution in [3.63, 3.8) is 0 Å². The summed E-state index contributed by atoms with van der Waals surface area (Å²) in [6.07, 6.45) is -1.93. The summed E-state index contributed by atoms with van der Waals surface area (Å²) in [6, 6.07) is 11.6. The lowest BCUT2D eigenvalue weighted by Crippen LogP contribution is -2.28. The summed E-state index contributed by atoms with van der Waals surface area (Å²) >= 11 is 1.08. The molecule has 4 rings (SSSR count). The number of carboxylic acid groups (broad SMARTS) is 1. The van der Waals surface area contributed by atoms with Crippen LogP contribution in [0, 0.1) is 0 Å². The van der Waals surface area contributed by atoms with Gasteiger partial charge in [0, 0.05) is 34.1 Å². The van der Waals surface area contributed by atoms with Crippen LogP contribution >= 0.6 is 11.3 Å². The van der Waals surface area contributed by atoms with Crippen LogP contribution in [0.4, 0.5) is 18.3 Å². The van der Waals surface area contributed by atoms with Crippen molar-refractivity contribution in [2.24, 2.45) is 0 Å². The number of aromatic amines is 1. The summed E-state index contributed by atoms with van der Waals surface area (Å²) in [5.74, 6) is -3.37. The summed E-state index contributed by atoms with van der Waals surface area (Å²) in [6.45, 7) is 1.62. The molecule has 0 aliphatic rings. The van der Waals surface area contributed by atoms with Gasteiger partial charge in [0.05, 0.1) is 11.1 Å². The van der Waals surface area contributed by atoms with E-state index in [1.54, 1.807) is 42.6 Å². The molecule has 0 aliphatic carbocycles. The van der Waals surface area contributed by atoms with Crippen molar-refractivity contribution in [1.29, 1.82) is 0 Å². The first-order chi connectivity index (χ1) is 17.6. The first kappa shape index (κ1) is 25.8. The molecule has 0 aliphatic heterocycles. The number of anilines is 1. The third-order valence-corrected chi connectivity index (χ3v) is 6.44. The van der Waals surface area contributed by atoms with Crippen LogP contribution in [-0.2, 0) is 11.0 Å². The Bertz CT molecular complexity index is 1550. The van der Waals surface area contributed by atoms with Gasteiger partial charge in [-0.2, -0.15) is 13.2 Å². The van der Waals surface area contributed by atoms with Gasteiger partial charge in [0.25, 0.3) is 5.91 Å². The number of aliphatic carboxylic acids is 1. The normalized spacial score (nSPS) is 12.9. The highest BCUT2D eigenvalue weighted by Crippen LogP contribution is 2.36. The lowest BCUT2D eigenvalue weighted by molar-refractivity contribution is -0.136. The van der Waals surface area contributed by atoms with Crippen LogP contribution in [0.1, 0.15) is 46.4 Å². The van der Waals surface area contributed by atoms with Crippen molar-refractivity contribution >= 4 is 45.3 Å². The van der Waals surface area contributed by atoms with Crippen LogP contribution in [0.3, 0.4) is 0 Å². The van der Waals surface area contributed by atoms with E-state index in [-0.39, 0.29) is 28.2 Å². The number of carbonyl (C=O) groups excluding carboxylic acids is 1. The molecular weight excluding hydrogens is 507 g/mol. The van der Waals surface area contributed by atoms with E-state index in [0.29, 0.717) is 5.56 Å². The number of benzene rings is 2. The zero-order valence-corrected chi connectivity index (χ0v) is 20.1. The first-order valence-corrected chi connectivity index (χ1v) is 12.0. The number of thiazole rings is 1. The quantitative estimate of drug-likeness (QED) is 0.259. The summed E-state index contributed by atoms with van der Waals surface area (Å²) in [5.41, 5.74) is -2.95. The number of halogens is 3. The van der Waals surface area contributed by atoms with Gasteiger partial charge in [-0.25, -0.2) is 9.78 Å². The molecule has 0 saturated heterocycles. The van der Waals surface area contributed by atoms with Crippen molar-refractivity contribution in [3.05, 3.63) is 98.3 Å². The van der Waals surface area contributed by atoms with Crippen molar-refractivity contribution in [1.82, 2.24) is 9.97 Å². The Morgan fingerprint density at radius 3 is 2.49 bits per heavy atom. The number of hydrogen-bond acceptors (Lipinski definition) is 5. The number of carbonyl (C=O) groups is 2. The largest absolute Gasteiger partial charge is 0.478 e. The standard InChI is InChI=1S/C26H20F3N3O4S/c1-2-15(17(24(35)36)13-14-7-4-3-5-8-14)21-19(23(34)32-25-30-11-12-37-25)22(33)16-9-6-10-18(20(16)31-21)26(27,28)29/h3-13,15H,2H2,1H3,(H,31,33)(H,35,36)(H,30,32,34). The van der Waals surface area contributed by atoms with Crippen molar-refractivity contribution < 1.29 is 27.9 Å². The average molecular weight is 528 g/mol. The number of nitrogens with zero attached hydrogens (tertiary/aromatic N) is 1. The second kappa shape index (κ2) is 10.4. The molecule has 0 bridgehead atoms. The van der Waals surface area contributed by atoms with E-state index >= 15 is 0 Å². The minimum absolute atomic E-state index is 0.0676. The van der Waals surface area contributed by atoms with Crippen molar-refractivity contribution in [2.75, 3.05) is 5.32 Å². The Morgan fingerprint density at radius 2 is 1.89 bits per heavy atom. The number of nitrogens with one attached hydrogen (secondary N) is 2. The van der Waals surface area contributed by atoms with Crippen molar-refractivity contribution in [3.8, 4) is 0 Å². The summed E-state index contributed by atoms with van der Waals surface area (Å²) in [7, 11) is 0. The molecule has 7 nitrogen and oxygen atoms in total. The second-order valence-electron chi connectivity index (χ2n) is 8.04. The van der Waals surface area contributed by atoms with Gasteiger partial charge < -0.3 is 10.1 Å². The maximum absolute atomic E-state index is 13.8. The van der Waals surface area contributed by atoms with Gasteiger partial charge in [-0.15, -0.1) is 11.3 Å². The molecule has 0 saturated carbocycles. The van der Waals surface area contributed by atoms with Gasteiger partial charge in [0.2, 0.25) is 5.43 Å². The fourth-order valence-electron chi connectivity index (χ4n) is 4.12. The fourth-order valence-corrected chi connectivity index (χ4v) is 4.64. The Labute approximate surface area is 212 Å². The molecule has 11 heteroatoms. The van der Waals surface area contributed by atoms with Gasteiger partial charge in [-0.3, -0.25) is 14.9 Å². The zero-order chi connectivity index (χ0) is 26.7. The van der Waals surface area contributed by atoms with E-state index in [9.17, 15) is 32.7 Å². The maximum Gasteiger partial charge on any atom is 0.418 e. The minimum atomic E-state index is -4.80. The van der Waals surface area contributed by atoms with Crippen LogP contribution in [0.2, 0.25) is 0 Å². The highest BCUT2D eigenvalue weighted by Gasteiger charge is 2.35. The molecule has 2 aromatic carbocycles. The summed E-state index contributed by atoms with van der Waals surface area (Å²) < 4.78 is 41.5. The van der Waals surface area contributed by atoms with Gasteiger partial charge in [0.15, 0.2) is 5.13 Å². The summed E-state index contributed by atoms with van der Waals surface area (Å²) in [5, 5.41) is 14.0.